The number of hydrogen-bond acceptors (Lipinski definition) is 4. The summed E-state index contributed by atoms with van der Waals surface area (Å²) in [5.74, 6) is 0. The van der Waals surface area contributed by atoms with Gasteiger partial charge in [0, 0.05) is 17.7 Å². The second kappa shape index (κ2) is 6.93. The summed E-state index contributed by atoms with van der Waals surface area (Å²) in [6.07, 6.45) is 2.21. The second-order valence-electron chi connectivity index (χ2n) is 5.66. The lowest BCUT2D eigenvalue weighted by atomic mass is 10.0. The summed E-state index contributed by atoms with van der Waals surface area (Å²) >= 11 is 1.65. The molecule has 3 rings (SSSR count). The zero-order valence-corrected chi connectivity index (χ0v) is 14.5. The Bertz CT molecular complexity index is 852. The Morgan fingerprint density at radius 1 is 1.04 bits per heavy atom. The number of aromatic nitrogens is 1. The smallest absolute Gasteiger partial charge is 0.258 e. The van der Waals surface area contributed by atoms with Crippen LogP contribution in [-0.4, -0.2) is 9.91 Å². The Labute approximate surface area is 145 Å². The molecule has 2 aromatic carbocycles. The average molecular weight is 338 g/mol. The summed E-state index contributed by atoms with van der Waals surface area (Å²) in [7, 11) is 0. The van der Waals surface area contributed by atoms with E-state index >= 15 is 0 Å². The van der Waals surface area contributed by atoms with Gasteiger partial charge in [-0.2, -0.15) is 0 Å². The molecule has 0 saturated carbocycles. The van der Waals surface area contributed by atoms with Gasteiger partial charge in [-0.3, -0.25) is 10.1 Å². The number of non-ortho nitro benzene ring substituents is 1. The lowest BCUT2D eigenvalue weighted by Crippen LogP contribution is -1.88. The number of aryl methyl sites for hydroxylation is 2. The maximum Gasteiger partial charge on any atom is 0.269 e. The molecule has 1 aromatic heterocycles. The monoisotopic (exact) mass is 338 g/mol. The van der Waals surface area contributed by atoms with Crippen molar-refractivity contribution in [3.63, 3.8) is 0 Å². The molecule has 24 heavy (non-hydrogen) atoms. The molecule has 0 aliphatic rings. The van der Waals surface area contributed by atoms with Gasteiger partial charge in [0.2, 0.25) is 0 Å². The van der Waals surface area contributed by atoms with Crippen LogP contribution in [0, 0.1) is 17.0 Å². The molecule has 0 unspecified atom stereocenters. The third-order valence-electron chi connectivity index (χ3n) is 3.84. The zero-order valence-electron chi connectivity index (χ0n) is 13.7. The molecule has 5 heteroatoms. The third-order valence-corrected chi connectivity index (χ3v) is 4.86. The van der Waals surface area contributed by atoms with Gasteiger partial charge < -0.3 is 0 Å². The minimum atomic E-state index is -0.385. The molecule has 0 saturated heterocycles. The van der Waals surface area contributed by atoms with E-state index in [0.29, 0.717) is 0 Å². The van der Waals surface area contributed by atoms with Crippen molar-refractivity contribution in [2.45, 2.75) is 26.7 Å². The quantitative estimate of drug-likeness (QED) is 0.446. The van der Waals surface area contributed by atoms with Crippen LogP contribution in [0.4, 0.5) is 5.69 Å². The molecule has 4 nitrogen and oxygen atoms in total. The molecule has 0 fully saturated rings. The fraction of sp³-hybridized carbons (Fsp3) is 0.211. The van der Waals surface area contributed by atoms with Crippen LogP contribution in [0.1, 0.15) is 23.9 Å². The Balaban J connectivity index is 1.99. The van der Waals surface area contributed by atoms with E-state index in [1.54, 1.807) is 23.5 Å². The van der Waals surface area contributed by atoms with Crippen LogP contribution in [0.3, 0.4) is 0 Å². The van der Waals surface area contributed by atoms with Crippen molar-refractivity contribution in [2.75, 3.05) is 0 Å². The highest BCUT2D eigenvalue weighted by atomic mass is 32.1. The Kier molecular flexibility index (Phi) is 4.71. The third kappa shape index (κ3) is 3.36. The molecule has 0 spiro atoms. The molecule has 0 atom stereocenters. The Morgan fingerprint density at radius 3 is 2.25 bits per heavy atom. The van der Waals surface area contributed by atoms with Crippen LogP contribution in [-0.2, 0) is 6.42 Å². The molecule has 0 aliphatic heterocycles. The van der Waals surface area contributed by atoms with Crippen LogP contribution in [0.15, 0.2) is 48.5 Å². The van der Waals surface area contributed by atoms with Gasteiger partial charge in [0.05, 0.1) is 20.5 Å². The minimum absolute atomic E-state index is 0.0937. The first-order valence-electron chi connectivity index (χ1n) is 7.90. The predicted octanol–water partition coefficient (Wildman–Crippen LogP) is 5.65. The van der Waals surface area contributed by atoms with Gasteiger partial charge >= 0.3 is 0 Å². The summed E-state index contributed by atoms with van der Waals surface area (Å²) in [5, 5.41) is 11.8. The first kappa shape index (κ1) is 16.3. The first-order valence-corrected chi connectivity index (χ1v) is 8.71. The van der Waals surface area contributed by atoms with Gasteiger partial charge in [-0.15, -0.1) is 11.3 Å². The Morgan fingerprint density at radius 2 is 1.67 bits per heavy atom. The van der Waals surface area contributed by atoms with E-state index in [4.69, 9.17) is 0 Å². The summed E-state index contributed by atoms with van der Waals surface area (Å²) in [6.45, 7) is 4.15. The van der Waals surface area contributed by atoms with E-state index in [1.165, 1.54) is 17.7 Å². The highest BCUT2D eigenvalue weighted by Crippen LogP contribution is 2.37. The highest BCUT2D eigenvalue weighted by Gasteiger charge is 2.14. The van der Waals surface area contributed by atoms with Crippen LogP contribution < -0.4 is 0 Å². The van der Waals surface area contributed by atoms with Gasteiger partial charge in [-0.1, -0.05) is 37.6 Å². The van der Waals surface area contributed by atoms with Crippen molar-refractivity contribution < 1.29 is 4.92 Å². The van der Waals surface area contributed by atoms with E-state index in [2.05, 4.69) is 36.2 Å². The van der Waals surface area contributed by atoms with Gasteiger partial charge in [0.1, 0.15) is 0 Å². The van der Waals surface area contributed by atoms with Crippen LogP contribution >= 0.6 is 11.3 Å². The standard InChI is InChI=1S/C19H18N2O2S/c1-3-4-14-5-7-16(8-6-14)19-18(20-13(2)24-19)15-9-11-17(12-10-15)21(22)23/h5-12H,3-4H2,1-2H3. The average Bonchev–Trinajstić information content (AvgIpc) is 2.98. The topological polar surface area (TPSA) is 56.0 Å². The van der Waals surface area contributed by atoms with Crippen molar-refractivity contribution >= 4 is 17.0 Å². The molecule has 0 bridgehead atoms. The molecule has 0 N–H and O–H groups in total. The van der Waals surface area contributed by atoms with Crippen molar-refractivity contribution in [3.05, 3.63) is 69.2 Å². The summed E-state index contributed by atoms with van der Waals surface area (Å²) < 4.78 is 0. The zero-order chi connectivity index (χ0) is 17.1. The number of nitrogens with zero attached hydrogens (tertiary/aromatic N) is 2. The van der Waals surface area contributed by atoms with E-state index in [1.807, 2.05) is 6.92 Å². The van der Waals surface area contributed by atoms with Gasteiger partial charge in [-0.25, -0.2) is 4.98 Å². The number of thiazole rings is 1. The van der Waals surface area contributed by atoms with E-state index in [0.717, 1.165) is 39.5 Å². The van der Waals surface area contributed by atoms with Gasteiger partial charge in [-0.05, 0) is 36.6 Å². The second-order valence-corrected chi connectivity index (χ2v) is 6.86. The van der Waals surface area contributed by atoms with E-state index < -0.39 is 0 Å². The van der Waals surface area contributed by atoms with Crippen molar-refractivity contribution in [2.24, 2.45) is 0 Å². The van der Waals surface area contributed by atoms with Crippen molar-refractivity contribution in [1.29, 1.82) is 0 Å². The minimum Gasteiger partial charge on any atom is -0.258 e. The van der Waals surface area contributed by atoms with Gasteiger partial charge in [0.15, 0.2) is 0 Å². The maximum atomic E-state index is 10.8. The molecular weight excluding hydrogens is 320 g/mol. The summed E-state index contributed by atoms with van der Waals surface area (Å²) in [5.41, 5.74) is 4.34. The SMILES string of the molecule is CCCc1ccc(-c2sc(C)nc2-c2ccc([N+](=O)[O-])cc2)cc1. The number of hydrogen-bond donors (Lipinski definition) is 0. The molecule has 1 heterocycles. The fourth-order valence-corrected chi connectivity index (χ4v) is 3.62. The van der Waals surface area contributed by atoms with Gasteiger partial charge in [0.25, 0.3) is 5.69 Å². The molecule has 0 radical (unpaired) electrons. The van der Waals surface area contributed by atoms with Crippen molar-refractivity contribution in [1.82, 2.24) is 4.98 Å². The molecule has 122 valence electrons. The summed E-state index contributed by atoms with van der Waals surface area (Å²) in [6, 6.07) is 15.2. The Hall–Kier alpha value is -2.53. The lowest BCUT2D eigenvalue weighted by Gasteiger charge is -2.05. The van der Waals surface area contributed by atoms with Crippen LogP contribution in [0.2, 0.25) is 0 Å². The molecular formula is C19H18N2O2S. The molecule has 3 aromatic rings. The number of nitro groups is 1. The number of nitro benzene ring substituents is 1. The molecule has 0 amide bonds. The highest BCUT2D eigenvalue weighted by molar-refractivity contribution is 7.15. The lowest BCUT2D eigenvalue weighted by molar-refractivity contribution is -0.384. The number of benzene rings is 2. The number of rotatable bonds is 5. The molecule has 0 aliphatic carbocycles. The van der Waals surface area contributed by atoms with Crippen LogP contribution in [0.25, 0.3) is 21.7 Å². The van der Waals surface area contributed by atoms with Crippen molar-refractivity contribution in [3.8, 4) is 21.7 Å². The predicted molar refractivity (Wildman–Crippen MR) is 98.4 cm³/mol. The van der Waals surface area contributed by atoms with Crippen LogP contribution in [0.5, 0.6) is 0 Å². The van der Waals surface area contributed by atoms with E-state index in [-0.39, 0.29) is 10.6 Å². The van der Waals surface area contributed by atoms with E-state index in [9.17, 15) is 10.1 Å². The first-order chi connectivity index (χ1) is 11.6. The maximum absolute atomic E-state index is 10.8. The largest absolute Gasteiger partial charge is 0.269 e. The normalized spacial score (nSPS) is 10.8. The fourth-order valence-electron chi connectivity index (χ4n) is 2.67. The summed E-state index contributed by atoms with van der Waals surface area (Å²) in [4.78, 5) is 16.2.